The Kier molecular flexibility index (Phi) is 4.57. The molecule has 134 valence electrons. The first-order chi connectivity index (χ1) is 12.6. The summed E-state index contributed by atoms with van der Waals surface area (Å²) in [6.45, 7) is 0.774. The summed E-state index contributed by atoms with van der Waals surface area (Å²) in [6, 6.07) is 16.7. The van der Waals surface area contributed by atoms with Crippen molar-refractivity contribution in [2.75, 3.05) is 13.1 Å². The molecule has 1 aromatic heterocycles. The predicted octanol–water partition coefficient (Wildman–Crippen LogP) is 3.48. The van der Waals surface area contributed by atoms with Gasteiger partial charge in [-0.05, 0) is 36.4 Å². The number of amides is 1. The van der Waals surface area contributed by atoms with Crippen LogP contribution in [0.4, 0.5) is 0 Å². The van der Waals surface area contributed by atoms with Crippen LogP contribution >= 0.6 is 11.6 Å². The van der Waals surface area contributed by atoms with Crippen LogP contribution in [0.3, 0.4) is 0 Å². The van der Waals surface area contributed by atoms with E-state index in [2.05, 4.69) is 4.98 Å². The minimum Gasteiger partial charge on any atom is -0.488 e. The predicted molar refractivity (Wildman–Crippen MR) is 101 cm³/mol. The number of nitrogens with zero attached hydrogens (tertiary/aromatic N) is 1. The van der Waals surface area contributed by atoms with Crippen LogP contribution in [0.15, 0.2) is 54.6 Å². The fourth-order valence-electron chi connectivity index (χ4n) is 3.28. The zero-order chi connectivity index (χ0) is 18.1. The lowest BCUT2D eigenvalue weighted by Gasteiger charge is -2.35. The van der Waals surface area contributed by atoms with Crippen molar-refractivity contribution < 1.29 is 14.6 Å². The molecular weight excluding hydrogens is 352 g/mol. The fourth-order valence-corrected chi connectivity index (χ4v) is 3.40. The molecule has 6 heteroatoms. The Labute approximate surface area is 156 Å². The number of hydrogen-bond donors (Lipinski definition) is 2. The Morgan fingerprint density at radius 3 is 2.69 bits per heavy atom. The summed E-state index contributed by atoms with van der Waals surface area (Å²) in [5.41, 5.74) is 1.47. The molecule has 1 fully saturated rings. The van der Waals surface area contributed by atoms with E-state index in [1.165, 1.54) is 0 Å². The third kappa shape index (κ3) is 3.41. The van der Waals surface area contributed by atoms with E-state index in [4.69, 9.17) is 16.3 Å². The van der Waals surface area contributed by atoms with E-state index in [9.17, 15) is 9.90 Å². The van der Waals surface area contributed by atoms with Gasteiger partial charge < -0.3 is 19.7 Å². The van der Waals surface area contributed by atoms with Gasteiger partial charge in [0.05, 0.1) is 6.54 Å². The van der Waals surface area contributed by atoms with Gasteiger partial charge >= 0.3 is 0 Å². The van der Waals surface area contributed by atoms with Gasteiger partial charge in [0, 0.05) is 28.9 Å². The summed E-state index contributed by atoms with van der Waals surface area (Å²) >= 11 is 5.87. The number of aromatic amines is 1. The summed E-state index contributed by atoms with van der Waals surface area (Å²) in [6.07, 6.45) is -0.522. The average Bonchev–Trinajstić information content (AvgIpc) is 3.08. The van der Waals surface area contributed by atoms with Gasteiger partial charge in [0.15, 0.2) is 0 Å². The number of aliphatic hydroxyl groups excluding tert-OH is 1. The lowest BCUT2D eigenvalue weighted by atomic mass is 10.0. The summed E-state index contributed by atoms with van der Waals surface area (Å²) in [4.78, 5) is 17.6. The second kappa shape index (κ2) is 7.02. The number of rotatable bonds is 3. The van der Waals surface area contributed by atoms with Crippen LogP contribution in [0.25, 0.3) is 10.9 Å². The molecule has 2 atom stereocenters. The normalized spacial score (nSPS) is 20.3. The zero-order valence-corrected chi connectivity index (χ0v) is 14.8. The van der Waals surface area contributed by atoms with Gasteiger partial charge in [-0.15, -0.1) is 0 Å². The first-order valence-corrected chi connectivity index (χ1v) is 8.95. The molecule has 26 heavy (non-hydrogen) atoms. The number of carbonyl (C=O) groups excluding carboxylic acids is 1. The van der Waals surface area contributed by atoms with E-state index in [1.807, 2.05) is 30.3 Å². The number of benzene rings is 2. The first kappa shape index (κ1) is 16.9. The highest BCUT2D eigenvalue weighted by atomic mass is 35.5. The van der Waals surface area contributed by atoms with E-state index in [1.54, 1.807) is 29.2 Å². The third-order valence-electron chi connectivity index (χ3n) is 4.67. The van der Waals surface area contributed by atoms with E-state index in [0.29, 0.717) is 29.4 Å². The van der Waals surface area contributed by atoms with Crippen molar-refractivity contribution >= 4 is 28.4 Å². The number of aromatic nitrogens is 1. The fraction of sp³-hybridized carbons (Fsp3) is 0.250. The Bertz CT molecular complexity index is 889. The standard InChI is InChI=1S/C20H19ClN2O3/c21-14-5-7-15(8-6-14)26-19-9-10-23(12-18(19)24)20(25)17-11-13-3-1-2-4-16(13)22-17/h1-8,11,18-19,22,24H,9-10,12H2/t18-,19-/m1/s1. The van der Waals surface area contributed by atoms with Gasteiger partial charge in [-0.3, -0.25) is 4.79 Å². The molecule has 1 saturated heterocycles. The molecule has 2 aromatic carbocycles. The molecule has 3 aromatic rings. The van der Waals surface area contributed by atoms with Crippen molar-refractivity contribution in [1.29, 1.82) is 0 Å². The summed E-state index contributed by atoms with van der Waals surface area (Å²) < 4.78 is 5.85. The molecule has 1 aliphatic heterocycles. The number of halogens is 1. The van der Waals surface area contributed by atoms with Crippen LogP contribution in [-0.2, 0) is 0 Å². The lowest BCUT2D eigenvalue weighted by Crippen LogP contribution is -2.51. The monoisotopic (exact) mass is 370 g/mol. The molecule has 0 spiro atoms. The van der Waals surface area contributed by atoms with E-state index in [-0.39, 0.29) is 18.6 Å². The smallest absolute Gasteiger partial charge is 0.270 e. The van der Waals surface area contributed by atoms with Crippen LogP contribution in [-0.4, -0.2) is 46.2 Å². The Morgan fingerprint density at radius 2 is 1.96 bits per heavy atom. The highest BCUT2D eigenvalue weighted by molar-refractivity contribution is 6.30. The van der Waals surface area contributed by atoms with Crippen molar-refractivity contribution in [3.05, 3.63) is 65.3 Å². The summed E-state index contributed by atoms with van der Waals surface area (Å²) in [5.74, 6) is 0.555. The summed E-state index contributed by atoms with van der Waals surface area (Å²) in [7, 11) is 0. The van der Waals surface area contributed by atoms with Gasteiger partial charge in [0.25, 0.3) is 5.91 Å². The quantitative estimate of drug-likeness (QED) is 0.741. The van der Waals surface area contributed by atoms with E-state index < -0.39 is 6.10 Å². The largest absolute Gasteiger partial charge is 0.488 e. The second-order valence-corrected chi connectivity index (χ2v) is 6.92. The zero-order valence-electron chi connectivity index (χ0n) is 14.1. The van der Waals surface area contributed by atoms with Crippen molar-refractivity contribution in [3.63, 3.8) is 0 Å². The topological polar surface area (TPSA) is 65.6 Å². The number of ether oxygens (including phenoxy) is 1. The average molecular weight is 371 g/mol. The Morgan fingerprint density at radius 1 is 1.19 bits per heavy atom. The number of fused-ring (bicyclic) bond motifs is 1. The first-order valence-electron chi connectivity index (χ1n) is 8.57. The van der Waals surface area contributed by atoms with Gasteiger partial charge in [-0.25, -0.2) is 0 Å². The maximum Gasteiger partial charge on any atom is 0.270 e. The number of β-amino-alcohol motifs (C(OH)–C–C–N with tert-alkyl or cyclic N) is 1. The second-order valence-electron chi connectivity index (χ2n) is 6.49. The number of hydrogen-bond acceptors (Lipinski definition) is 3. The van der Waals surface area contributed by atoms with Gasteiger partial charge in [0.1, 0.15) is 23.7 Å². The molecule has 1 aliphatic rings. The number of nitrogens with one attached hydrogen (secondary N) is 1. The Balaban J connectivity index is 1.42. The number of piperidine rings is 1. The number of carbonyl (C=O) groups is 1. The van der Waals surface area contributed by atoms with Crippen molar-refractivity contribution in [3.8, 4) is 5.75 Å². The van der Waals surface area contributed by atoms with E-state index >= 15 is 0 Å². The molecule has 5 nitrogen and oxygen atoms in total. The van der Waals surface area contributed by atoms with Crippen LogP contribution in [0, 0.1) is 0 Å². The molecule has 2 N–H and O–H groups in total. The molecule has 0 aliphatic carbocycles. The number of para-hydroxylation sites is 1. The minimum absolute atomic E-state index is 0.106. The molecule has 0 bridgehead atoms. The number of aliphatic hydroxyl groups is 1. The maximum atomic E-state index is 12.7. The van der Waals surface area contributed by atoms with Gasteiger partial charge in [0.2, 0.25) is 0 Å². The molecule has 1 amide bonds. The minimum atomic E-state index is -0.743. The van der Waals surface area contributed by atoms with Crippen molar-refractivity contribution in [2.45, 2.75) is 18.6 Å². The molecular formula is C20H19ClN2O3. The summed E-state index contributed by atoms with van der Waals surface area (Å²) in [5, 5.41) is 12.1. The molecule has 4 rings (SSSR count). The van der Waals surface area contributed by atoms with Crippen LogP contribution in [0.5, 0.6) is 5.75 Å². The number of H-pyrrole nitrogens is 1. The van der Waals surface area contributed by atoms with Crippen LogP contribution < -0.4 is 4.74 Å². The highest BCUT2D eigenvalue weighted by Crippen LogP contribution is 2.23. The van der Waals surface area contributed by atoms with Gasteiger partial charge in [-0.2, -0.15) is 0 Å². The number of likely N-dealkylation sites (tertiary alicyclic amines) is 1. The SMILES string of the molecule is O=C(c1cc2ccccc2[nH]1)N1CC[C@@H](Oc2ccc(Cl)cc2)[C@H](O)C1. The molecule has 2 heterocycles. The van der Waals surface area contributed by atoms with E-state index in [0.717, 1.165) is 10.9 Å². The van der Waals surface area contributed by atoms with Crippen molar-refractivity contribution in [2.24, 2.45) is 0 Å². The molecule has 0 saturated carbocycles. The molecule has 0 unspecified atom stereocenters. The lowest BCUT2D eigenvalue weighted by molar-refractivity contribution is -0.0200. The molecule has 0 radical (unpaired) electrons. The third-order valence-corrected chi connectivity index (χ3v) is 4.92. The van der Waals surface area contributed by atoms with Gasteiger partial charge in [-0.1, -0.05) is 29.8 Å². The van der Waals surface area contributed by atoms with Crippen LogP contribution in [0.2, 0.25) is 5.02 Å². The van der Waals surface area contributed by atoms with Crippen LogP contribution in [0.1, 0.15) is 16.9 Å². The highest BCUT2D eigenvalue weighted by Gasteiger charge is 2.32. The van der Waals surface area contributed by atoms with Crippen molar-refractivity contribution in [1.82, 2.24) is 9.88 Å². The Hall–Kier alpha value is -2.50. The maximum absolute atomic E-state index is 12.7.